The minimum absolute atomic E-state index is 0.0707. The first kappa shape index (κ1) is 17.0. The molecule has 0 amide bonds. The predicted molar refractivity (Wildman–Crippen MR) is 96.5 cm³/mol. The molecule has 0 saturated heterocycles. The van der Waals surface area contributed by atoms with E-state index in [1.165, 1.54) is 5.69 Å². The quantitative estimate of drug-likeness (QED) is 0.848. The van der Waals surface area contributed by atoms with Crippen LogP contribution in [0.3, 0.4) is 0 Å². The maximum absolute atomic E-state index is 4.44. The minimum atomic E-state index is -0.0707. The molecule has 1 aromatic carbocycles. The molecule has 0 spiro atoms. The smallest absolute Gasteiger partial charge is 0.249 e. The Morgan fingerprint density at radius 1 is 1.04 bits per heavy atom. The first-order valence-electron chi connectivity index (χ1n) is 8.01. The molecule has 2 aromatic rings. The molecule has 2 rings (SSSR count). The summed E-state index contributed by atoms with van der Waals surface area (Å²) in [6.07, 6.45) is 1.62. The van der Waals surface area contributed by atoms with E-state index in [4.69, 9.17) is 0 Å². The molecule has 0 saturated carbocycles. The molecule has 1 aromatic heterocycles. The van der Waals surface area contributed by atoms with Crippen LogP contribution < -0.4 is 15.5 Å². The van der Waals surface area contributed by atoms with E-state index >= 15 is 0 Å². The van der Waals surface area contributed by atoms with Crippen molar-refractivity contribution in [1.82, 2.24) is 15.2 Å². The van der Waals surface area contributed by atoms with Crippen LogP contribution in [0.2, 0.25) is 0 Å². The van der Waals surface area contributed by atoms with Gasteiger partial charge in [0.25, 0.3) is 0 Å². The minimum Gasteiger partial charge on any atom is -0.372 e. The van der Waals surface area contributed by atoms with Crippen molar-refractivity contribution in [3.63, 3.8) is 0 Å². The molecule has 1 heterocycles. The van der Waals surface area contributed by atoms with Crippen LogP contribution in [0.4, 0.5) is 23.1 Å². The van der Waals surface area contributed by atoms with Gasteiger partial charge in [-0.1, -0.05) is 0 Å². The molecule has 6 heteroatoms. The molecule has 0 fully saturated rings. The van der Waals surface area contributed by atoms with Crippen molar-refractivity contribution in [2.24, 2.45) is 0 Å². The molecule has 0 bridgehead atoms. The van der Waals surface area contributed by atoms with Crippen LogP contribution in [0.15, 0.2) is 30.5 Å². The van der Waals surface area contributed by atoms with Gasteiger partial charge in [-0.3, -0.25) is 0 Å². The van der Waals surface area contributed by atoms with E-state index in [1.54, 1.807) is 6.20 Å². The molecular weight excluding hydrogens is 288 g/mol. The summed E-state index contributed by atoms with van der Waals surface area (Å²) >= 11 is 0. The Balaban J connectivity index is 2.09. The summed E-state index contributed by atoms with van der Waals surface area (Å²) in [6, 6.07) is 8.25. The van der Waals surface area contributed by atoms with Crippen LogP contribution in [0.1, 0.15) is 34.6 Å². The average molecular weight is 314 g/mol. The molecule has 0 unspecified atom stereocenters. The van der Waals surface area contributed by atoms with Crippen molar-refractivity contribution in [1.29, 1.82) is 0 Å². The van der Waals surface area contributed by atoms with E-state index in [9.17, 15) is 0 Å². The summed E-state index contributed by atoms with van der Waals surface area (Å²) in [4.78, 5) is 6.74. The zero-order valence-electron chi connectivity index (χ0n) is 14.6. The number of hydrogen-bond acceptors (Lipinski definition) is 6. The maximum atomic E-state index is 4.44. The molecule has 0 aliphatic heterocycles. The van der Waals surface area contributed by atoms with E-state index in [2.05, 4.69) is 77.5 Å². The van der Waals surface area contributed by atoms with Crippen molar-refractivity contribution in [2.45, 2.75) is 40.2 Å². The summed E-state index contributed by atoms with van der Waals surface area (Å²) in [5.74, 6) is 1.18. The third-order valence-electron chi connectivity index (χ3n) is 3.31. The topological polar surface area (TPSA) is 66.0 Å². The van der Waals surface area contributed by atoms with Crippen LogP contribution in [-0.4, -0.2) is 33.8 Å². The number of hydrogen-bond donors (Lipinski definition) is 2. The highest BCUT2D eigenvalue weighted by Crippen LogP contribution is 2.20. The normalized spacial score (nSPS) is 11.2. The molecule has 124 valence electrons. The predicted octanol–water partition coefficient (Wildman–Crippen LogP) is 3.67. The van der Waals surface area contributed by atoms with Crippen molar-refractivity contribution >= 4 is 23.1 Å². The van der Waals surface area contributed by atoms with Gasteiger partial charge in [0.1, 0.15) is 0 Å². The van der Waals surface area contributed by atoms with Crippen LogP contribution in [-0.2, 0) is 0 Å². The first-order chi connectivity index (χ1) is 10.9. The lowest BCUT2D eigenvalue weighted by molar-refractivity contribution is 0.629. The number of rotatable bonds is 6. The molecule has 6 nitrogen and oxygen atoms in total. The summed E-state index contributed by atoms with van der Waals surface area (Å²) in [7, 11) is 0. The third kappa shape index (κ3) is 5.09. The molecule has 0 atom stereocenters. The lowest BCUT2D eigenvalue weighted by Crippen LogP contribution is -2.27. The Labute approximate surface area is 138 Å². The van der Waals surface area contributed by atoms with E-state index < -0.39 is 0 Å². The van der Waals surface area contributed by atoms with Crippen LogP contribution in [0.25, 0.3) is 0 Å². The van der Waals surface area contributed by atoms with Crippen molar-refractivity contribution in [2.75, 3.05) is 28.6 Å². The monoisotopic (exact) mass is 314 g/mol. The zero-order valence-corrected chi connectivity index (χ0v) is 14.6. The number of nitrogens with zero attached hydrogens (tertiary/aromatic N) is 4. The van der Waals surface area contributed by atoms with Gasteiger partial charge in [-0.2, -0.15) is 10.1 Å². The van der Waals surface area contributed by atoms with Crippen molar-refractivity contribution in [3.05, 3.63) is 30.5 Å². The summed E-state index contributed by atoms with van der Waals surface area (Å²) < 4.78 is 0. The summed E-state index contributed by atoms with van der Waals surface area (Å²) in [5, 5.41) is 14.5. The summed E-state index contributed by atoms with van der Waals surface area (Å²) in [6.45, 7) is 12.5. The van der Waals surface area contributed by atoms with Gasteiger partial charge in [-0.05, 0) is 58.9 Å². The Bertz CT molecular complexity index is 614. The Hall–Kier alpha value is -2.37. The Morgan fingerprint density at radius 2 is 1.70 bits per heavy atom. The lowest BCUT2D eigenvalue weighted by Gasteiger charge is -2.21. The highest BCUT2D eigenvalue weighted by atomic mass is 15.3. The fourth-order valence-electron chi connectivity index (χ4n) is 2.27. The fourth-order valence-corrected chi connectivity index (χ4v) is 2.27. The van der Waals surface area contributed by atoms with E-state index in [1.807, 2.05) is 12.1 Å². The van der Waals surface area contributed by atoms with E-state index in [-0.39, 0.29) is 5.54 Å². The van der Waals surface area contributed by atoms with Gasteiger partial charge in [-0.25, -0.2) is 0 Å². The van der Waals surface area contributed by atoms with Gasteiger partial charge in [0, 0.05) is 30.0 Å². The van der Waals surface area contributed by atoms with Crippen molar-refractivity contribution in [3.8, 4) is 0 Å². The van der Waals surface area contributed by atoms with E-state index in [0.717, 1.165) is 18.8 Å². The molecular formula is C17H26N6. The van der Waals surface area contributed by atoms with E-state index in [0.29, 0.717) is 11.8 Å². The highest BCUT2D eigenvalue weighted by molar-refractivity contribution is 5.59. The second kappa shape index (κ2) is 7.26. The number of aromatic nitrogens is 3. The van der Waals surface area contributed by atoms with Crippen LogP contribution >= 0.6 is 0 Å². The van der Waals surface area contributed by atoms with Gasteiger partial charge < -0.3 is 15.5 Å². The van der Waals surface area contributed by atoms with Gasteiger partial charge in [-0.15, -0.1) is 5.10 Å². The SMILES string of the molecule is CCN(CC)c1ccc(Nc2nncc(NC(C)(C)C)n2)cc1. The Morgan fingerprint density at radius 3 is 2.26 bits per heavy atom. The average Bonchev–Trinajstić information content (AvgIpc) is 2.49. The van der Waals surface area contributed by atoms with Gasteiger partial charge in [0.2, 0.25) is 5.95 Å². The zero-order chi connectivity index (χ0) is 16.9. The van der Waals surface area contributed by atoms with Crippen molar-refractivity contribution < 1.29 is 0 Å². The molecule has 0 aliphatic carbocycles. The molecule has 0 aliphatic rings. The Kier molecular flexibility index (Phi) is 5.36. The second-order valence-electron chi connectivity index (χ2n) is 6.38. The second-order valence-corrected chi connectivity index (χ2v) is 6.38. The standard InChI is InChI=1S/C17H26N6/c1-6-23(7-2)14-10-8-13(9-11-14)19-16-20-15(12-18-22-16)21-17(3,4)5/h8-12H,6-7H2,1-5H3,(H2,19,20,21,22). The number of benzene rings is 1. The third-order valence-corrected chi connectivity index (χ3v) is 3.31. The largest absolute Gasteiger partial charge is 0.372 e. The van der Waals surface area contributed by atoms with Crippen LogP contribution in [0.5, 0.6) is 0 Å². The van der Waals surface area contributed by atoms with Gasteiger partial charge >= 0.3 is 0 Å². The molecule has 2 N–H and O–H groups in total. The van der Waals surface area contributed by atoms with Gasteiger partial charge in [0.15, 0.2) is 5.82 Å². The molecule has 23 heavy (non-hydrogen) atoms. The first-order valence-corrected chi connectivity index (χ1v) is 8.01. The summed E-state index contributed by atoms with van der Waals surface area (Å²) in [5.41, 5.74) is 2.08. The highest BCUT2D eigenvalue weighted by Gasteiger charge is 2.11. The van der Waals surface area contributed by atoms with Gasteiger partial charge in [0.05, 0.1) is 6.20 Å². The maximum Gasteiger partial charge on any atom is 0.249 e. The number of nitrogens with one attached hydrogen (secondary N) is 2. The fraction of sp³-hybridized carbons (Fsp3) is 0.471. The lowest BCUT2D eigenvalue weighted by atomic mass is 10.1. The number of anilines is 4. The molecule has 0 radical (unpaired) electrons. The van der Waals surface area contributed by atoms with Crippen LogP contribution in [0, 0.1) is 0 Å².